The number of ether oxygens (including phenoxy) is 1. The molecule has 0 heterocycles. The van der Waals surface area contributed by atoms with Gasteiger partial charge in [-0.15, -0.1) is 6.42 Å². The zero-order chi connectivity index (χ0) is 25.5. The van der Waals surface area contributed by atoms with Gasteiger partial charge in [0.2, 0.25) is 11.8 Å². The van der Waals surface area contributed by atoms with Crippen molar-refractivity contribution in [1.29, 1.82) is 0 Å². The first-order valence-electron chi connectivity index (χ1n) is 12.2. The molecule has 1 fully saturated rings. The first-order valence-corrected chi connectivity index (χ1v) is 12.2. The highest BCUT2D eigenvalue weighted by molar-refractivity contribution is 5.92. The van der Waals surface area contributed by atoms with E-state index in [9.17, 15) is 14.4 Å². The van der Waals surface area contributed by atoms with Crippen molar-refractivity contribution in [1.82, 2.24) is 15.5 Å². The molecular weight excluding hydrogens is 430 g/mol. The minimum atomic E-state index is -0.858. The number of hydrogen-bond acceptors (Lipinski definition) is 4. The normalized spacial score (nSPS) is 16.3. The molecule has 2 N–H and O–H groups in total. The van der Waals surface area contributed by atoms with E-state index in [2.05, 4.69) is 23.5 Å². The van der Waals surface area contributed by atoms with E-state index in [0.717, 1.165) is 32.1 Å². The highest BCUT2D eigenvalue weighted by Crippen LogP contribution is 2.34. The molecule has 7 heteroatoms. The topological polar surface area (TPSA) is 87.7 Å². The number of amides is 3. The van der Waals surface area contributed by atoms with E-state index in [-0.39, 0.29) is 23.9 Å². The van der Waals surface area contributed by atoms with Crippen LogP contribution in [0.15, 0.2) is 24.3 Å². The van der Waals surface area contributed by atoms with Crippen LogP contribution in [0.5, 0.6) is 0 Å². The minimum Gasteiger partial charge on any atom is -0.444 e. The first-order chi connectivity index (χ1) is 16.0. The number of carbonyl (C=O) groups excluding carboxylic acids is 3. The molecule has 2 rings (SSSR count). The molecule has 0 radical (unpaired) electrons. The van der Waals surface area contributed by atoms with Crippen LogP contribution < -0.4 is 10.6 Å². The molecule has 0 aromatic heterocycles. The fraction of sp³-hybridized carbons (Fsp3) is 0.593. The van der Waals surface area contributed by atoms with Gasteiger partial charge in [-0.3, -0.25) is 9.59 Å². The van der Waals surface area contributed by atoms with E-state index in [1.165, 1.54) is 0 Å². The van der Waals surface area contributed by atoms with Gasteiger partial charge in [0, 0.05) is 17.6 Å². The van der Waals surface area contributed by atoms with Gasteiger partial charge in [0.25, 0.3) is 0 Å². The highest BCUT2D eigenvalue weighted by atomic mass is 16.6. The molecule has 0 spiro atoms. The van der Waals surface area contributed by atoms with Gasteiger partial charge in [-0.2, -0.15) is 0 Å². The predicted molar refractivity (Wildman–Crippen MR) is 133 cm³/mol. The minimum absolute atomic E-state index is 0.0272. The van der Waals surface area contributed by atoms with Gasteiger partial charge in [0.15, 0.2) is 0 Å². The van der Waals surface area contributed by atoms with Crippen LogP contribution in [0, 0.1) is 12.3 Å². The van der Waals surface area contributed by atoms with Crippen molar-refractivity contribution in [3.63, 3.8) is 0 Å². The Morgan fingerprint density at radius 3 is 2.24 bits per heavy atom. The molecule has 0 bridgehead atoms. The molecule has 34 heavy (non-hydrogen) atoms. The number of hydrogen-bond donors (Lipinski definition) is 2. The Morgan fingerprint density at radius 1 is 1.15 bits per heavy atom. The summed E-state index contributed by atoms with van der Waals surface area (Å²) in [5.41, 5.74) is 0.700. The largest absolute Gasteiger partial charge is 0.444 e. The van der Waals surface area contributed by atoms with Crippen molar-refractivity contribution in [3.05, 3.63) is 35.4 Å². The molecular formula is C27H39N3O4. The van der Waals surface area contributed by atoms with Crippen molar-refractivity contribution in [2.75, 3.05) is 0 Å². The molecule has 1 aliphatic rings. The Morgan fingerprint density at radius 2 is 1.76 bits per heavy atom. The van der Waals surface area contributed by atoms with Gasteiger partial charge in [-0.05, 0) is 78.0 Å². The van der Waals surface area contributed by atoms with E-state index < -0.39 is 23.8 Å². The second-order valence-electron chi connectivity index (χ2n) is 10.1. The average molecular weight is 470 g/mol. The molecule has 0 saturated heterocycles. The number of nitrogens with one attached hydrogen (secondary N) is 2. The van der Waals surface area contributed by atoms with Crippen molar-refractivity contribution in [3.8, 4) is 12.3 Å². The van der Waals surface area contributed by atoms with Crippen LogP contribution >= 0.6 is 0 Å². The van der Waals surface area contributed by atoms with Crippen molar-refractivity contribution < 1.29 is 19.1 Å². The monoisotopic (exact) mass is 469 g/mol. The maximum absolute atomic E-state index is 13.7. The lowest BCUT2D eigenvalue weighted by Gasteiger charge is -2.43. The summed E-state index contributed by atoms with van der Waals surface area (Å²) in [6, 6.07) is 5.36. The highest BCUT2D eigenvalue weighted by Gasteiger charge is 2.41. The van der Waals surface area contributed by atoms with Gasteiger partial charge in [-0.25, -0.2) is 4.79 Å². The Bertz CT molecular complexity index is 894. The Balaban J connectivity index is 2.38. The second kappa shape index (κ2) is 11.9. The van der Waals surface area contributed by atoms with Crippen molar-refractivity contribution in [2.45, 2.75) is 103 Å². The molecule has 1 aromatic carbocycles. The second-order valence-corrected chi connectivity index (χ2v) is 10.1. The fourth-order valence-corrected chi connectivity index (χ4v) is 3.98. The van der Waals surface area contributed by atoms with E-state index >= 15 is 0 Å². The summed E-state index contributed by atoms with van der Waals surface area (Å²) in [7, 11) is 0. The van der Waals surface area contributed by atoms with Gasteiger partial charge in [-0.1, -0.05) is 31.4 Å². The maximum Gasteiger partial charge on any atom is 0.408 e. The van der Waals surface area contributed by atoms with Gasteiger partial charge in [0.05, 0.1) is 0 Å². The summed E-state index contributed by atoms with van der Waals surface area (Å²) in [6.07, 6.45) is 9.21. The molecule has 186 valence electrons. The number of terminal acetylenes is 1. The quantitative estimate of drug-likeness (QED) is 0.528. The third-order valence-corrected chi connectivity index (χ3v) is 5.86. The summed E-state index contributed by atoms with van der Waals surface area (Å²) >= 11 is 0. The Labute approximate surface area is 204 Å². The van der Waals surface area contributed by atoms with Gasteiger partial charge >= 0.3 is 6.09 Å². The van der Waals surface area contributed by atoms with Crippen LogP contribution in [0.4, 0.5) is 4.79 Å². The zero-order valence-electron chi connectivity index (χ0n) is 21.3. The summed E-state index contributed by atoms with van der Waals surface area (Å²) in [6.45, 7) is 10.9. The third kappa shape index (κ3) is 7.51. The molecule has 1 saturated carbocycles. The van der Waals surface area contributed by atoms with Crippen LogP contribution in [0.25, 0.3) is 0 Å². The van der Waals surface area contributed by atoms with E-state index in [1.54, 1.807) is 56.9 Å². The maximum atomic E-state index is 13.7. The summed E-state index contributed by atoms with van der Waals surface area (Å²) in [5, 5.41) is 5.71. The summed E-state index contributed by atoms with van der Waals surface area (Å²) in [4.78, 5) is 41.2. The lowest BCUT2D eigenvalue weighted by molar-refractivity contribution is -0.147. The molecule has 7 nitrogen and oxygen atoms in total. The Kier molecular flexibility index (Phi) is 9.55. The van der Waals surface area contributed by atoms with E-state index in [4.69, 9.17) is 11.2 Å². The first kappa shape index (κ1) is 27.2. The number of benzene rings is 1. The van der Waals surface area contributed by atoms with E-state index in [1.807, 2.05) is 6.92 Å². The molecule has 1 aliphatic carbocycles. The number of nitrogens with zero attached hydrogens (tertiary/aromatic N) is 1. The van der Waals surface area contributed by atoms with Crippen LogP contribution in [-0.2, 0) is 14.3 Å². The fourth-order valence-electron chi connectivity index (χ4n) is 3.98. The SMILES string of the molecule is C#Cc1ccc(C(C(=O)NC(C)CCC)N(C(=O)C(C)NC(=O)OC(C)(C)C)C2CCC2)cc1. The van der Waals surface area contributed by atoms with Crippen LogP contribution in [0.3, 0.4) is 0 Å². The summed E-state index contributed by atoms with van der Waals surface area (Å²) in [5.74, 6) is 2.03. The molecule has 3 unspecified atom stereocenters. The predicted octanol–water partition coefficient (Wildman–Crippen LogP) is 4.31. The molecule has 0 aliphatic heterocycles. The van der Waals surface area contributed by atoms with Crippen molar-refractivity contribution >= 4 is 17.9 Å². The van der Waals surface area contributed by atoms with Crippen molar-refractivity contribution in [2.24, 2.45) is 0 Å². The average Bonchev–Trinajstić information content (AvgIpc) is 2.70. The number of carbonyl (C=O) groups is 3. The van der Waals surface area contributed by atoms with Gasteiger partial charge < -0.3 is 20.3 Å². The molecule has 1 aromatic rings. The Hall–Kier alpha value is -3.01. The van der Waals surface area contributed by atoms with Gasteiger partial charge in [0.1, 0.15) is 17.7 Å². The zero-order valence-corrected chi connectivity index (χ0v) is 21.3. The smallest absolute Gasteiger partial charge is 0.408 e. The standard InChI is InChI=1S/C27H39N3O4/c1-8-11-18(3)28-24(31)23(21-16-14-20(9-2)15-17-21)30(22-12-10-13-22)25(32)19(4)29-26(33)34-27(5,6)7/h2,14-19,22-23H,8,10-13H2,1,3-7H3,(H,28,31)(H,29,33). The van der Waals surface area contributed by atoms with Crippen LogP contribution in [0.2, 0.25) is 0 Å². The molecule has 3 amide bonds. The lowest BCUT2D eigenvalue weighted by atomic mass is 9.88. The third-order valence-electron chi connectivity index (χ3n) is 5.86. The lowest BCUT2D eigenvalue weighted by Crippen LogP contribution is -2.57. The summed E-state index contributed by atoms with van der Waals surface area (Å²) < 4.78 is 5.32. The number of alkyl carbamates (subject to hydrolysis) is 1. The molecule has 3 atom stereocenters. The van der Waals surface area contributed by atoms with Crippen LogP contribution in [-0.4, -0.2) is 46.5 Å². The number of rotatable bonds is 9. The van der Waals surface area contributed by atoms with Crippen LogP contribution in [0.1, 0.15) is 90.8 Å². The van der Waals surface area contributed by atoms with E-state index in [0.29, 0.717) is 11.1 Å².